The van der Waals surface area contributed by atoms with Crippen molar-refractivity contribution in [2.75, 3.05) is 20.0 Å². The van der Waals surface area contributed by atoms with Crippen LogP contribution >= 0.6 is 0 Å². The van der Waals surface area contributed by atoms with Crippen LogP contribution in [0.5, 0.6) is 17.2 Å². The summed E-state index contributed by atoms with van der Waals surface area (Å²) in [7, 11) is 3.02. The second-order valence-corrected chi connectivity index (χ2v) is 4.97. The van der Waals surface area contributed by atoms with Crippen LogP contribution < -0.4 is 20.6 Å². The Balaban J connectivity index is 2.30. The quantitative estimate of drug-likeness (QED) is 0.722. The zero-order valence-corrected chi connectivity index (χ0v) is 12.6. The first-order valence-corrected chi connectivity index (χ1v) is 6.82. The number of ether oxygens (including phenoxy) is 2. The maximum Gasteiger partial charge on any atom is 0.235 e. The number of hydrogen-bond acceptors (Lipinski definition) is 6. The van der Waals surface area contributed by atoms with Crippen molar-refractivity contribution in [3.05, 3.63) is 46.6 Å². The van der Waals surface area contributed by atoms with Crippen molar-refractivity contribution in [3.63, 3.8) is 0 Å². The van der Waals surface area contributed by atoms with Crippen LogP contribution in [0, 0.1) is 0 Å². The van der Waals surface area contributed by atoms with E-state index in [0.29, 0.717) is 28.3 Å². The largest absolute Gasteiger partial charge is 0.502 e. The van der Waals surface area contributed by atoms with Gasteiger partial charge in [0.2, 0.25) is 11.2 Å². The molecule has 3 aromatic rings. The maximum atomic E-state index is 12.4. The summed E-state index contributed by atoms with van der Waals surface area (Å²) in [6.45, 7) is 0. The molecule has 3 rings (SSSR count). The Morgan fingerprint density at radius 1 is 1.04 bits per heavy atom. The van der Waals surface area contributed by atoms with Gasteiger partial charge in [0.25, 0.3) is 0 Å². The number of methoxy groups -OCH3 is 2. The van der Waals surface area contributed by atoms with Gasteiger partial charge in [-0.05, 0) is 30.3 Å². The Morgan fingerprint density at radius 3 is 2.30 bits per heavy atom. The Labute approximate surface area is 131 Å². The van der Waals surface area contributed by atoms with Gasteiger partial charge in [0.1, 0.15) is 17.1 Å². The molecule has 1 aromatic heterocycles. The third kappa shape index (κ3) is 2.55. The van der Waals surface area contributed by atoms with E-state index in [1.165, 1.54) is 20.3 Å². The minimum atomic E-state index is -0.546. The minimum absolute atomic E-state index is 0.0458. The second-order valence-electron chi connectivity index (χ2n) is 4.97. The molecule has 0 aliphatic rings. The third-order valence-electron chi connectivity index (χ3n) is 3.50. The number of aromatic hydroxyl groups is 1. The Hall–Kier alpha value is -3.15. The molecule has 0 unspecified atom stereocenters. The highest BCUT2D eigenvalue weighted by molar-refractivity contribution is 5.84. The van der Waals surface area contributed by atoms with Crippen molar-refractivity contribution in [1.29, 1.82) is 0 Å². The van der Waals surface area contributed by atoms with Crippen LogP contribution in [0.2, 0.25) is 0 Å². The number of anilines is 1. The van der Waals surface area contributed by atoms with Gasteiger partial charge in [0.15, 0.2) is 5.76 Å². The molecule has 0 aliphatic heterocycles. The highest BCUT2D eigenvalue weighted by Gasteiger charge is 2.17. The lowest BCUT2D eigenvalue weighted by Gasteiger charge is -2.10. The van der Waals surface area contributed by atoms with Crippen LogP contribution in [-0.4, -0.2) is 19.3 Å². The minimum Gasteiger partial charge on any atom is -0.502 e. The lowest BCUT2D eigenvalue weighted by molar-refractivity contribution is 0.394. The van der Waals surface area contributed by atoms with Crippen molar-refractivity contribution in [2.45, 2.75) is 0 Å². The topological polar surface area (TPSA) is 94.9 Å². The number of fused-ring (bicyclic) bond motifs is 1. The molecule has 0 saturated carbocycles. The van der Waals surface area contributed by atoms with Crippen LogP contribution in [-0.2, 0) is 0 Å². The first-order valence-electron chi connectivity index (χ1n) is 6.82. The van der Waals surface area contributed by atoms with Gasteiger partial charge in [-0.2, -0.15) is 0 Å². The molecule has 2 aromatic carbocycles. The van der Waals surface area contributed by atoms with Crippen molar-refractivity contribution in [2.24, 2.45) is 0 Å². The summed E-state index contributed by atoms with van der Waals surface area (Å²) in [5, 5.41) is 10.5. The average molecular weight is 313 g/mol. The van der Waals surface area contributed by atoms with Crippen molar-refractivity contribution < 1.29 is 19.0 Å². The van der Waals surface area contributed by atoms with E-state index in [1.807, 2.05) is 0 Å². The van der Waals surface area contributed by atoms with Gasteiger partial charge in [-0.25, -0.2) is 0 Å². The monoisotopic (exact) mass is 313 g/mol. The van der Waals surface area contributed by atoms with E-state index >= 15 is 0 Å². The van der Waals surface area contributed by atoms with E-state index in [2.05, 4.69) is 0 Å². The highest BCUT2D eigenvalue weighted by Crippen LogP contribution is 2.35. The molecule has 0 aliphatic carbocycles. The van der Waals surface area contributed by atoms with Gasteiger partial charge in [-0.3, -0.25) is 4.79 Å². The summed E-state index contributed by atoms with van der Waals surface area (Å²) >= 11 is 0. The van der Waals surface area contributed by atoms with E-state index in [0.717, 1.165) is 0 Å². The van der Waals surface area contributed by atoms with E-state index in [4.69, 9.17) is 19.6 Å². The van der Waals surface area contributed by atoms with Gasteiger partial charge in [-0.1, -0.05) is 0 Å². The van der Waals surface area contributed by atoms with Gasteiger partial charge >= 0.3 is 0 Å². The molecule has 1 heterocycles. The molecule has 118 valence electrons. The number of nitrogen functional groups attached to an aromatic ring is 1. The predicted molar refractivity (Wildman–Crippen MR) is 87.1 cm³/mol. The molecule has 0 amide bonds. The summed E-state index contributed by atoms with van der Waals surface area (Å²) in [4.78, 5) is 12.4. The van der Waals surface area contributed by atoms with Crippen LogP contribution in [0.25, 0.3) is 22.3 Å². The normalized spacial score (nSPS) is 10.7. The molecule has 0 saturated heterocycles. The fourth-order valence-electron chi connectivity index (χ4n) is 2.34. The molecule has 0 radical (unpaired) electrons. The lowest BCUT2D eigenvalue weighted by atomic mass is 10.1. The predicted octanol–water partition coefficient (Wildman–Crippen LogP) is 2.76. The molecule has 3 N–H and O–H groups in total. The van der Waals surface area contributed by atoms with E-state index in [9.17, 15) is 9.90 Å². The molecule has 6 nitrogen and oxygen atoms in total. The van der Waals surface area contributed by atoms with E-state index < -0.39 is 11.2 Å². The fraction of sp³-hybridized carbons (Fsp3) is 0.118. The number of benzene rings is 2. The maximum absolute atomic E-state index is 12.4. The van der Waals surface area contributed by atoms with Crippen LogP contribution in [0.3, 0.4) is 0 Å². The molecular weight excluding hydrogens is 298 g/mol. The first-order chi connectivity index (χ1) is 11.0. The molecular formula is C17H15NO5. The van der Waals surface area contributed by atoms with Crippen LogP contribution in [0.15, 0.2) is 45.6 Å². The summed E-state index contributed by atoms with van der Waals surface area (Å²) in [5.74, 6) is 0.584. The summed E-state index contributed by atoms with van der Waals surface area (Å²) in [6, 6.07) is 9.65. The lowest BCUT2D eigenvalue weighted by Crippen LogP contribution is -2.03. The summed E-state index contributed by atoms with van der Waals surface area (Å²) in [5.41, 5.74) is 6.34. The van der Waals surface area contributed by atoms with Crippen molar-refractivity contribution in [3.8, 4) is 28.6 Å². The Bertz CT molecular complexity index is 923. The highest BCUT2D eigenvalue weighted by atomic mass is 16.5. The van der Waals surface area contributed by atoms with E-state index in [1.54, 1.807) is 30.3 Å². The molecule has 6 heteroatoms. The third-order valence-corrected chi connectivity index (χ3v) is 3.50. The number of rotatable bonds is 3. The molecule has 0 fully saturated rings. The fourth-order valence-corrected chi connectivity index (χ4v) is 2.34. The summed E-state index contributed by atoms with van der Waals surface area (Å²) in [6.07, 6.45) is 0. The number of hydrogen-bond donors (Lipinski definition) is 2. The molecule has 0 spiro atoms. The zero-order chi connectivity index (χ0) is 16.6. The first kappa shape index (κ1) is 14.8. The van der Waals surface area contributed by atoms with Crippen molar-refractivity contribution in [1.82, 2.24) is 0 Å². The average Bonchev–Trinajstić information content (AvgIpc) is 2.58. The molecule has 23 heavy (non-hydrogen) atoms. The molecule has 0 bridgehead atoms. The van der Waals surface area contributed by atoms with Gasteiger partial charge in [-0.15, -0.1) is 0 Å². The number of nitrogens with two attached hydrogens (primary N) is 1. The second kappa shape index (κ2) is 5.57. The van der Waals surface area contributed by atoms with E-state index in [-0.39, 0.29) is 11.1 Å². The Kier molecular flexibility index (Phi) is 3.57. The zero-order valence-electron chi connectivity index (χ0n) is 12.6. The van der Waals surface area contributed by atoms with Gasteiger partial charge < -0.3 is 24.7 Å². The van der Waals surface area contributed by atoms with Crippen molar-refractivity contribution >= 4 is 16.7 Å². The summed E-state index contributed by atoms with van der Waals surface area (Å²) < 4.78 is 16.1. The molecule has 0 atom stereocenters. The van der Waals surface area contributed by atoms with Gasteiger partial charge in [0, 0.05) is 17.3 Å². The van der Waals surface area contributed by atoms with Crippen LogP contribution in [0.1, 0.15) is 0 Å². The SMILES string of the molecule is COc1cc(OC)cc(-c2oc3ccc(N)cc3c(=O)c2O)c1. The van der Waals surface area contributed by atoms with Gasteiger partial charge in [0.05, 0.1) is 19.6 Å². The smallest absolute Gasteiger partial charge is 0.235 e. The Morgan fingerprint density at radius 2 is 1.70 bits per heavy atom. The van der Waals surface area contributed by atoms with Crippen LogP contribution in [0.4, 0.5) is 5.69 Å². The standard InChI is InChI=1S/C17H15NO5/c1-21-11-5-9(6-12(8-11)22-2)17-16(20)15(19)13-7-10(18)3-4-14(13)23-17/h3-8,20H,18H2,1-2H3.